The number of nitrogens with zero attached hydrogens (tertiary/aromatic N) is 2. The molecule has 1 aliphatic heterocycles. The normalized spacial score (nSPS) is 14.6. The molecule has 0 saturated heterocycles. The third-order valence-electron chi connectivity index (χ3n) is 6.57. The average molecular weight is 592 g/mol. The first-order valence-corrected chi connectivity index (χ1v) is 13.6. The maximum atomic E-state index is 13.3. The minimum Gasteiger partial charge on any atom is -0.481 e. The number of carboxylic acid groups (broad SMARTS) is 1. The Balaban J connectivity index is 1.74. The lowest BCUT2D eigenvalue weighted by Gasteiger charge is -2.21. The lowest BCUT2D eigenvalue weighted by Crippen LogP contribution is -2.31. The number of carboxylic acids is 1. The molecular weight excluding hydrogens is 560 g/mol. The Kier molecular flexibility index (Phi) is 9.27. The molecule has 202 valence electrons. The summed E-state index contributed by atoms with van der Waals surface area (Å²) in [6.07, 6.45) is 1.21. The lowest BCUT2D eigenvalue weighted by molar-refractivity contribution is -0.137. The summed E-state index contributed by atoms with van der Waals surface area (Å²) in [6, 6.07) is 20.6. The van der Waals surface area contributed by atoms with Crippen LogP contribution in [0.3, 0.4) is 0 Å². The van der Waals surface area contributed by atoms with E-state index in [1.54, 1.807) is 11.8 Å². The zero-order chi connectivity index (χ0) is 27.9. The van der Waals surface area contributed by atoms with Crippen molar-refractivity contribution in [2.45, 2.75) is 32.1 Å². The topological polar surface area (TPSA) is 111 Å². The molecule has 1 unspecified atom stereocenters. The molecule has 3 aromatic rings. The molecule has 0 radical (unpaired) electrons. The number of rotatable bonds is 11. The Morgan fingerprint density at radius 1 is 1.10 bits per heavy atom. The van der Waals surface area contributed by atoms with Crippen LogP contribution in [0.1, 0.15) is 42.4 Å². The number of benzene rings is 3. The first kappa shape index (κ1) is 28.2. The highest BCUT2D eigenvalue weighted by atomic mass is 79.9. The summed E-state index contributed by atoms with van der Waals surface area (Å²) in [5.41, 5.74) is 5.13. The third kappa shape index (κ3) is 6.99. The van der Waals surface area contributed by atoms with Crippen molar-refractivity contribution < 1.29 is 19.5 Å². The minimum atomic E-state index is -0.866. The Hall–Kier alpha value is -3.82. The number of halogens is 1. The molecule has 3 N–H and O–H groups in total. The van der Waals surface area contributed by atoms with E-state index in [1.807, 2.05) is 73.8 Å². The van der Waals surface area contributed by atoms with Crippen LogP contribution in [-0.4, -0.2) is 48.7 Å². The van der Waals surface area contributed by atoms with E-state index in [2.05, 4.69) is 26.6 Å². The van der Waals surface area contributed by atoms with Crippen molar-refractivity contribution in [3.8, 4) is 0 Å². The SMILES string of the molecule is CNCCCN(C(C)=O)c1ccc(N=C(c2cccc(CCC(=O)O)c2)C2C(=O)Nc3cc(Br)ccc32)cc1. The maximum absolute atomic E-state index is 13.3. The van der Waals surface area contributed by atoms with Crippen molar-refractivity contribution in [3.05, 3.63) is 87.9 Å². The summed E-state index contributed by atoms with van der Waals surface area (Å²) in [5, 5.41) is 15.2. The largest absolute Gasteiger partial charge is 0.481 e. The summed E-state index contributed by atoms with van der Waals surface area (Å²) < 4.78 is 0.858. The number of anilines is 2. The van der Waals surface area contributed by atoms with Gasteiger partial charge in [-0.15, -0.1) is 0 Å². The molecule has 4 rings (SSSR count). The molecule has 1 aliphatic rings. The van der Waals surface area contributed by atoms with Crippen LogP contribution in [0.5, 0.6) is 0 Å². The number of hydrogen-bond donors (Lipinski definition) is 3. The fourth-order valence-electron chi connectivity index (χ4n) is 4.67. The number of amides is 2. The molecule has 9 heteroatoms. The first-order chi connectivity index (χ1) is 18.8. The van der Waals surface area contributed by atoms with Gasteiger partial charge in [-0.3, -0.25) is 19.4 Å². The minimum absolute atomic E-state index is 0.0130. The van der Waals surface area contributed by atoms with Crippen molar-refractivity contribution in [1.29, 1.82) is 0 Å². The fourth-order valence-corrected chi connectivity index (χ4v) is 5.03. The predicted octanol–water partition coefficient (Wildman–Crippen LogP) is 5.29. The Morgan fingerprint density at radius 3 is 2.56 bits per heavy atom. The molecule has 2 amide bonds. The number of nitrogens with one attached hydrogen (secondary N) is 2. The number of aliphatic imine (C=N–C) groups is 1. The molecule has 0 aromatic heterocycles. The van der Waals surface area contributed by atoms with E-state index in [1.165, 1.54) is 0 Å². The van der Waals surface area contributed by atoms with Crippen LogP contribution >= 0.6 is 15.9 Å². The van der Waals surface area contributed by atoms with Gasteiger partial charge in [-0.05, 0) is 85.6 Å². The molecule has 1 atom stereocenters. The number of fused-ring (bicyclic) bond motifs is 1. The molecule has 8 nitrogen and oxygen atoms in total. The smallest absolute Gasteiger partial charge is 0.303 e. The van der Waals surface area contributed by atoms with Crippen LogP contribution in [-0.2, 0) is 20.8 Å². The van der Waals surface area contributed by atoms with E-state index >= 15 is 0 Å². The van der Waals surface area contributed by atoms with Crippen molar-refractivity contribution in [2.75, 3.05) is 30.4 Å². The van der Waals surface area contributed by atoms with Gasteiger partial charge in [-0.1, -0.05) is 40.2 Å². The van der Waals surface area contributed by atoms with Crippen LogP contribution in [0, 0.1) is 0 Å². The summed E-state index contributed by atoms with van der Waals surface area (Å²) in [7, 11) is 1.88. The third-order valence-corrected chi connectivity index (χ3v) is 7.06. The Bertz CT molecular complexity index is 1400. The van der Waals surface area contributed by atoms with E-state index < -0.39 is 11.9 Å². The monoisotopic (exact) mass is 590 g/mol. The van der Waals surface area contributed by atoms with Gasteiger partial charge in [0, 0.05) is 35.7 Å². The van der Waals surface area contributed by atoms with Crippen molar-refractivity contribution in [2.24, 2.45) is 4.99 Å². The number of carbonyl (C=O) groups is 3. The van der Waals surface area contributed by atoms with Gasteiger partial charge in [0.2, 0.25) is 11.8 Å². The summed E-state index contributed by atoms with van der Waals surface area (Å²) in [6.45, 7) is 2.96. The molecule has 39 heavy (non-hydrogen) atoms. The zero-order valence-corrected chi connectivity index (χ0v) is 23.5. The van der Waals surface area contributed by atoms with Gasteiger partial charge in [-0.2, -0.15) is 0 Å². The van der Waals surface area contributed by atoms with Crippen molar-refractivity contribution >= 4 is 56.5 Å². The van der Waals surface area contributed by atoms with E-state index in [0.717, 1.165) is 45.5 Å². The highest BCUT2D eigenvalue weighted by molar-refractivity contribution is 9.10. The molecule has 3 aromatic carbocycles. The molecule has 0 bridgehead atoms. The van der Waals surface area contributed by atoms with Gasteiger partial charge >= 0.3 is 5.97 Å². The zero-order valence-electron chi connectivity index (χ0n) is 21.9. The van der Waals surface area contributed by atoms with Gasteiger partial charge < -0.3 is 20.6 Å². The first-order valence-electron chi connectivity index (χ1n) is 12.8. The standard InChI is InChI=1S/C30H31BrN4O4/c1-19(36)35(16-4-15-32-2)24-11-9-23(10-12-24)33-29(21-6-3-5-20(17-21)7-14-27(37)38)28-25-13-8-22(31)18-26(25)34-30(28)39/h3,5-6,8-13,17-18,28,32H,4,7,14-16H2,1-2H3,(H,34,39)(H,37,38). The summed E-state index contributed by atoms with van der Waals surface area (Å²) >= 11 is 3.47. The van der Waals surface area contributed by atoms with Gasteiger partial charge in [0.05, 0.1) is 11.4 Å². The van der Waals surface area contributed by atoms with E-state index in [4.69, 9.17) is 10.1 Å². The van der Waals surface area contributed by atoms with Crippen molar-refractivity contribution in [3.63, 3.8) is 0 Å². The number of aryl methyl sites for hydroxylation is 1. The Labute approximate surface area is 236 Å². The average Bonchev–Trinajstić information content (AvgIpc) is 3.23. The van der Waals surface area contributed by atoms with Gasteiger partial charge in [0.25, 0.3) is 0 Å². The molecule has 0 saturated carbocycles. The lowest BCUT2D eigenvalue weighted by atomic mass is 9.89. The van der Waals surface area contributed by atoms with Gasteiger partial charge in [-0.25, -0.2) is 0 Å². The number of hydrogen-bond acceptors (Lipinski definition) is 5. The van der Waals surface area contributed by atoms with Crippen LogP contribution in [0.4, 0.5) is 17.1 Å². The molecule has 0 fully saturated rings. The van der Waals surface area contributed by atoms with E-state index in [0.29, 0.717) is 24.4 Å². The van der Waals surface area contributed by atoms with E-state index in [-0.39, 0.29) is 18.2 Å². The van der Waals surface area contributed by atoms with Crippen LogP contribution < -0.4 is 15.5 Å². The maximum Gasteiger partial charge on any atom is 0.303 e. The second-order valence-electron chi connectivity index (χ2n) is 9.39. The summed E-state index contributed by atoms with van der Waals surface area (Å²) in [4.78, 5) is 43.3. The summed E-state index contributed by atoms with van der Waals surface area (Å²) in [5.74, 6) is -1.72. The highest BCUT2D eigenvalue weighted by Gasteiger charge is 2.35. The van der Waals surface area contributed by atoms with Crippen LogP contribution in [0.25, 0.3) is 0 Å². The second-order valence-corrected chi connectivity index (χ2v) is 10.3. The molecule has 0 aliphatic carbocycles. The molecular formula is C30H31BrN4O4. The molecule has 1 heterocycles. The van der Waals surface area contributed by atoms with Crippen LogP contribution in [0.2, 0.25) is 0 Å². The van der Waals surface area contributed by atoms with Gasteiger partial charge in [0.15, 0.2) is 0 Å². The van der Waals surface area contributed by atoms with Crippen LogP contribution in [0.15, 0.2) is 76.2 Å². The van der Waals surface area contributed by atoms with E-state index in [9.17, 15) is 14.4 Å². The Morgan fingerprint density at radius 2 is 1.87 bits per heavy atom. The predicted molar refractivity (Wildman–Crippen MR) is 157 cm³/mol. The van der Waals surface area contributed by atoms with Crippen molar-refractivity contribution in [1.82, 2.24) is 5.32 Å². The highest BCUT2D eigenvalue weighted by Crippen LogP contribution is 2.38. The number of aliphatic carboxylic acids is 1. The quantitative estimate of drug-likeness (QED) is 0.208. The fraction of sp³-hybridized carbons (Fsp3) is 0.267. The molecule has 0 spiro atoms. The number of carbonyl (C=O) groups excluding carboxylic acids is 2. The second kappa shape index (κ2) is 12.8. The van der Waals surface area contributed by atoms with Gasteiger partial charge in [0.1, 0.15) is 5.92 Å².